The number of anilines is 1. The summed E-state index contributed by atoms with van der Waals surface area (Å²) in [7, 11) is 0. The van der Waals surface area contributed by atoms with Gasteiger partial charge in [0.2, 0.25) is 5.91 Å². The number of nitrogens with one attached hydrogen (secondary N) is 2. The van der Waals surface area contributed by atoms with Crippen LogP contribution in [-0.2, 0) is 0 Å². The van der Waals surface area contributed by atoms with Crippen LogP contribution in [0.15, 0.2) is 18.2 Å². The van der Waals surface area contributed by atoms with Crippen LogP contribution < -0.4 is 16.4 Å². The van der Waals surface area contributed by atoms with E-state index in [0.29, 0.717) is 11.6 Å². The minimum Gasteiger partial charge on any atom is -0.381 e. The van der Waals surface area contributed by atoms with Crippen molar-refractivity contribution in [3.05, 3.63) is 29.3 Å². The average molecular weight is 219 g/mol. The Morgan fingerprint density at radius 1 is 1.56 bits per heavy atom. The molecule has 0 spiro atoms. The summed E-state index contributed by atoms with van der Waals surface area (Å²) in [6, 6.07) is 6.14. The molecular formula is C12H17N3O. The number of carbonyl (C=O) groups is 1. The molecular weight excluding hydrogens is 202 g/mol. The first kappa shape index (κ1) is 11.0. The van der Waals surface area contributed by atoms with Crippen molar-refractivity contribution in [3.8, 4) is 0 Å². The first-order valence-corrected chi connectivity index (χ1v) is 5.54. The maximum atomic E-state index is 11.1. The van der Waals surface area contributed by atoms with Crippen molar-refractivity contribution in [2.45, 2.75) is 19.4 Å². The monoisotopic (exact) mass is 219 g/mol. The second kappa shape index (κ2) is 4.53. The molecule has 4 N–H and O–H groups in total. The molecule has 86 valence electrons. The van der Waals surface area contributed by atoms with Crippen LogP contribution in [0.5, 0.6) is 0 Å². The Morgan fingerprint density at radius 2 is 2.38 bits per heavy atom. The molecule has 0 bridgehead atoms. The lowest BCUT2D eigenvalue weighted by atomic mass is 10.1. The Morgan fingerprint density at radius 3 is 2.94 bits per heavy atom. The summed E-state index contributed by atoms with van der Waals surface area (Å²) >= 11 is 0. The largest absolute Gasteiger partial charge is 0.381 e. The van der Waals surface area contributed by atoms with Gasteiger partial charge in [0.25, 0.3) is 0 Å². The molecule has 2 rings (SSSR count). The highest BCUT2D eigenvalue weighted by atomic mass is 16.1. The summed E-state index contributed by atoms with van der Waals surface area (Å²) in [5.74, 6) is -0.369. The Hall–Kier alpha value is -1.55. The van der Waals surface area contributed by atoms with Crippen LogP contribution in [0.25, 0.3) is 0 Å². The van der Waals surface area contributed by atoms with Crippen molar-refractivity contribution in [2.75, 3.05) is 18.4 Å². The third-order valence-corrected chi connectivity index (χ3v) is 2.92. The second-order valence-electron chi connectivity index (χ2n) is 4.23. The zero-order chi connectivity index (χ0) is 11.5. The van der Waals surface area contributed by atoms with Crippen molar-refractivity contribution in [1.82, 2.24) is 5.32 Å². The van der Waals surface area contributed by atoms with Gasteiger partial charge in [-0.05, 0) is 43.7 Å². The van der Waals surface area contributed by atoms with E-state index in [1.807, 2.05) is 19.1 Å². The van der Waals surface area contributed by atoms with Crippen LogP contribution in [0, 0.1) is 6.92 Å². The Bertz CT molecular complexity index is 397. The molecule has 4 heteroatoms. The average Bonchev–Trinajstić information content (AvgIpc) is 2.70. The van der Waals surface area contributed by atoms with Gasteiger partial charge < -0.3 is 16.4 Å². The SMILES string of the molecule is Cc1cc(NC2CCNC2)ccc1C(N)=O. The first-order valence-electron chi connectivity index (χ1n) is 5.54. The van der Waals surface area contributed by atoms with Crippen molar-refractivity contribution in [1.29, 1.82) is 0 Å². The predicted molar refractivity (Wildman–Crippen MR) is 64.6 cm³/mol. The normalized spacial score (nSPS) is 19.7. The fourth-order valence-electron chi connectivity index (χ4n) is 2.04. The zero-order valence-corrected chi connectivity index (χ0v) is 9.42. The van der Waals surface area contributed by atoms with Crippen LogP contribution in [-0.4, -0.2) is 25.0 Å². The predicted octanol–water partition coefficient (Wildman–Crippen LogP) is 0.868. The number of primary amides is 1. The van der Waals surface area contributed by atoms with Gasteiger partial charge >= 0.3 is 0 Å². The van der Waals surface area contributed by atoms with Gasteiger partial charge in [0.05, 0.1) is 0 Å². The molecule has 1 aromatic carbocycles. The minimum absolute atomic E-state index is 0.369. The van der Waals surface area contributed by atoms with Crippen LogP contribution in [0.3, 0.4) is 0 Å². The van der Waals surface area contributed by atoms with Crippen molar-refractivity contribution in [2.24, 2.45) is 5.73 Å². The van der Waals surface area contributed by atoms with E-state index < -0.39 is 0 Å². The van der Waals surface area contributed by atoms with Crippen LogP contribution in [0.2, 0.25) is 0 Å². The lowest BCUT2D eigenvalue weighted by molar-refractivity contribution is 0.1000. The molecule has 1 atom stereocenters. The molecule has 1 heterocycles. The number of benzene rings is 1. The van der Waals surface area contributed by atoms with Gasteiger partial charge in [0.1, 0.15) is 0 Å². The molecule has 0 saturated carbocycles. The fourth-order valence-corrected chi connectivity index (χ4v) is 2.04. The number of amides is 1. The van der Waals surface area contributed by atoms with E-state index >= 15 is 0 Å². The van der Waals surface area contributed by atoms with Gasteiger partial charge in [0.15, 0.2) is 0 Å². The van der Waals surface area contributed by atoms with E-state index in [4.69, 9.17) is 5.73 Å². The summed E-state index contributed by atoms with van der Waals surface area (Å²) in [5.41, 5.74) is 7.82. The second-order valence-corrected chi connectivity index (χ2v) is 4.23. The maximum Gasteiger partial charge on any atom is 0.248 e. The highest BCUT2D eigenvalue weighted by molar-refractivity contribution is 5.94. The third kappa shape index (κ3) is 2.33. The zero-order valence-electron chi connectivity index (χ0n) is 9.42. The first-order chi connectivity index (χ1) is 7.66. The number of hydrogen-bond acceptors (Lipinski definition) is 3. The molecule has 1 fully saturated rings. The van der Waals surface area contributed by atoms with Gasteiger partial charge in [-0.1, -0.05) is 0 Å². The van der Waals surface area contributed by atoms with E-state index in [9.17, 15) is 4.79 Å². The summed E-state index contributed by atoms with van der Waals surface area (Å²) in [5, 5.41) is 6.73. The summed E-state index contributed by atoms with van der Waals surface area (Å²) < 4.78 is 0. The smallest absolute Gasteiger partial charge is 0.248 e. The van der Waals surface area contributed by atoms with Crippen LogP contribution in [0.1, 0.15) is 22.3 Å². The maximum absolute atomic E-state index is 11.1. The molecule has 1 saturated heterocycles. The molecule has 0 radical (unpaired) electrons. The van der Waals surface area contributed by atoms with Gasteiger partial charge in [-0.2, -0.15) is 0 Å². The highest BCUT2D eigenvalue weighted by Gasteiger charge is 2.14. The van der Waals surface area contributed by atoms with Gasteiger partial charge in [-0.15, -0.1) is 0 Å². The summed E-state index contributed by atoms with van der Waals surface area (Å²) in [4.78, 5) is 11.1. The Kier molecular flexibility index (Phi) is 3.10. The van der Waals surface area contributed by atoms with E-state index in [0.717, 1.165) is 30.8 Å². The minimum atomic E-state index is -0.369. The molecule has 0 aromatic heterocycles. The van der Waals surface area contributed by atoms with Gasteiger partial charge in [-0.3, -0.25) is 4.79 Å². The van der Waals surface area contributed by atoms with Gasteiger partial charge in [-0.25, -0.2) is 0 Å². The molecule has 1 aromatic rings. The lowest BCUT2D eigenvalue weighted by Gasteiger charge is -2.14. The summed E-state index contributed by atoms with van der Waals surface area (Å²) in [6.07, 6.45) is 1.14. The molecule has 1 unspecified atom stereocenters. The topological polar surface area (TPSA) is 67.2 Å². The fraction of sp³-hybridized carbons (Fsp3) is 0.417. The number of rotatable bonds is 3. The quantitative estimate of drug-likeness (QED) is 0.706. The van der Waals surface area contributed by atoms with E-state index in [1.54, 1.807) is 6.07 Å². The molecule has 1 aliphatic heterocycles. The molecule has 4 nitrogen and oxygen atoms in total. The number of carbonyl (C=O) groups excluding carboxylic acids is 1. The Balaban J connectivity index is 2.11. The standard InChI is InChI=1S/C12H17N3O/c1-8-6-9(2-3-11(8)12(13)16)15-10-4-5-14-7-10/h2-3,6,10,14-15H,4-5,7H2,1H3,(H2,13,16). The lowest BCUT2D eigenvalue weighted by Crippen LogP contribution is -2.22. The molecule has 16 heavy (non-hydrogen) atoms. The van der Waals surface area contributed by atoms with Crippen LogP contribution in [0.4, 0.5) is 5.69 Å². The number of aryl methyl sites for hydroxylation is 1. The van der Waals surface area contributed by atoms with Crippen molar-refractivity contribution >= 4 is 11.6 Å². The van der Waals surface area contributed by atoms with Crippen LogP contribution >= 0.6 is 0 Å². The third-order valence-electron chi connectivity index (χ3n) is 2.92. The highest BCUT2D eigenvalue weighted by Crippen LogP contribution is 2.16. The Labute approximate surface area is 95.2 Å². The molecule has 0 aliphatic carbocycles. The number of hydrogen-bond donors (Lipinski definition) is 3. The van der Waals surface area contributed by atoms with E-state index in [-0.39, 0.29) is 5.91 Å². The molecule has 1 aliphatic rings. The van der Waals surface area contributed by atoms with Gasteiger partial charge in [0, 0.05) is 23.8 Å². The van der Waals surface area contributed by atoms with Crippen molar-refractivity contribution < 1.29 is 4.79 Å². The summed E-state index contributed by atoms with van der Waals surface area (Å²) in [6.45, 7) is 3.96. The van der Waals surface area contributed by atoms with E-state index in [2.05, 4.69) is 10.6 Å². The van der Waals surface area contributed by atoms with E-state index in [1.165, 1.54) is 0 Å². The number of nitrogens with two attached hydrogens (primary N) is 1. The molecule has 1 amide bonds. The van der Waals surface area contributed by atoms with Crippen molar-refractivity contribution in [3.63, 3.8) is 0 Å².